The summed E-state index contributed by atoms with van der Waals surface area (Å²) in [6.45, 7) is 0.583. The molecule has 0 radical (unpaired) electrons. The first-order chi connectivity index (χ1) is 10.2. The molecule has 0 spiro atoms. The third-order valence-electron chi connectivity index (χ3n) is 3.35. The Hall–Kier alpha value is -1.32. The van der Waals surface area contributed by atoms with Gasteiger partial charge in [0.2, 0.25) is 0 Å². The van der Waals surface area contributed by atoms with Crippen LogP contribution in [0.15, 0.2) is 65.1 Å². The quantitative estimate of drug-likeness (QED) is 0.478. The Labute approximate surface area is 141 Å². The molecule has 0 N–H and O–H groups in total. The topological polar surface area (TPSA) is 9.23 Å². The van der Waals surface area contributed by atoms with E-state index >= 15 is 0 Å². The van der Waals surface area contributed by atoms with Crippen LogP contribution in [-0.2, 0) is 11.9 Å². The number of rotatable bonds is 4. The number of benzene rings is 3. The SMILES string of the molecule is BrCc1ccc(OCc2ccc3cc(Br)ccc3c2)cc1. The molecule has 0 bridgehead atoms. The maximum absolute atomic E-state index is 5.84. The standard InChI is InChI=1S/C18H14Br2O/c19-11-13-2-7-18(8-3-13)21-12-14-1-4-16-10-17(20)6-5-15(16)9-14/h1-10H,11-12H2. The summed E-state index contributed by atoms with van der Waals surface area (Å²) in [5.74, 6) is 0.899. The van der Waals surface area contributed by atoms with Crippen molar-refractivity contribution in [2.75, 3.05) is 0 Å². The average molecular weight is 406 g/mol. The molecule has 3 heteroatoms. The lowest BCUT2D eigenvalue weighted by atomic mass is 10.1. The van der Waals surface area contributed by atoms with E-state index in [2.05, 4.69) is 80.4 Å². The van der Waals surface area contributed by atoms with E-state index in [9.17, 15) is 0 Å². The summed E-state index contributed by atoms with van der Waals surface area (Å²) in [6, 6.07) is 20.9. The summed E-state index contributed by atoms with van der Waals surface area (Å²) in [7, 11) is 0. The van der Waals surface area contributed by atoms with Gasteiger partial charge in [0.25, 0.3) is 0 Å². The highest BCUT2D eigenvalue weighted by Crippen LogP contribution is 2.22. The molecule has 1 nitrogen and oxygen atoms in total. The van der Waals surface area contributed by atoms with Crippen LogP contribution in [0.2, 0.25) is 0 Å². The van der Waals surface area contributed by atoms with Gasteiger partial charge in [0.1, 0.15) is 12.4 Å². The molecule has 3 rings (SSSR count). The summed E-state index contributed by atoms with van der Waals surface area (Å²) >= 11 is 6.94. The Bertz CT molecular complexity index is 751. The van der Waals surface area contributed by atoms with Gasteiger partial charge in [-0.05, 0) is 52.2 Å². The molecule has 0 fully saturated rings. The minimum atomic E-state index is 0.583. The molecule has 106 valence electrons. The van der Waals surface area contributed by atoms with Crippen molar-refractivity contribution in [1.29, 1.82) is 0 Å². The molecule has 0 aliphatic heterocycles. The summed E-state index contributed by atoms with van der Waals surface area (Å²) in [4.78, 5) is 0. The summed E-state index contributed by atoms with van der Waals surface area (Å²) < 4.78 is 6.94. The van der Waals surface area contributed by atoms with Gasteiger partial charge >= 0.3 is 0 Å². The fraction of sp³-hybridized carbons (Fsp3) is 0.111. The third-order valence-corrected chi connectivity index (χ3v) is 4.49. The molecule has 0 saturated heterocycles. The van der Waals surface area contributed by atoms with E-state index in [-0.39, 0.29) is 0 Å². The summed E-state index contributed by atoms with van der Waals surface area (Å²) in [6.07, 6.45) is 0. The van der Waals surface area contributed by atoms with E-state index in [1.54, 1.807) is 0 Å². The zero-order valence-corrected chi connectivity index (χ0v) is 14.5. The van der Waals surface area contributed by atoms with Crippen molar-refractivity contribution in [3.8, 4) is 5.75 Å². The molecule has 0 amide bonds. The van der Waals surface area contributed by atoms with E-state index in [1.807, 2.05) is 12.1 Å². The molecule has 3 aromatic carbocycles. The first-order valence-electron chi connectivity index (χ1n) is 6.70. The number of fused-ring (bicyclic) bond motifs is 1. The Morgan fingerprint density at radius 3 is 2.19 bits per heavy atom. The molecule has 0 aliphatic carbocycles. The number of alkyl halides is 1. The van der Waals surface area contributed by atoms with Crippen molar-refractivity contribution in [2.24, 2.45) is 0 Å². The highest BCUT2D eigenvalue weighted by Gasteiger charge is 2.00. The predicted octanol–water partition coefficient (Wildman–Crippen LogP) is 6.08. The van der Waals surface area contributed by atoms with E-state index < -0.39 is 0 Å². The van der Waals surface area contributed by atoms with E-state index in [1.165, 1.54) is 21.9 Å². The molecular weight excluding hydrogens is 392 g/mol. The smallest absolute Gasteiger partial charge is 0.119 e. The summed E-state index contributed by atoms with van der Waals surface area (Å²) in [5.41, 5.74) is 2.42. The maximum atomic E-state index is 5.84. The van der Waals surface area contributed by atoms with Crippen LogP contribution in [0.3, 0.4) is 0 Å². The molecular formula is C18H14Br2O. The van der Waals surface area contributed by atoms with Crippen LogP contribution in [-0.4, -0.2) is 0 Å². The fourth-order valence-corrected chi connectivity index (χ4v) is 2.95. The van der Waals surface area contributed by atoms with Crippen molar-refractivity contribution >= 4 is 42.6 Å². The molecule has 0 aliphatic rings. The lowest BCUT2D eigenvalue weighted by molar-refractivity contribution is 0.306. The number of hydrogen-bond acceptors (Lipinski definition) is 1. The van der Waals surface area contributed by atoms with Crippen LogP contribution in [0.5, 0.6) is 5.75 Å². The highest BCUT2D eigenvalue weighted by atomic mass is 79.9. The molecule has 3 aromatic rings. The Kier molecular flexibility index (Phi) is 4.61. The normalized spacial score (nSPS) is 10.8. The van der Waals surface area contributed by atoms with Crippen molar-refractivity contribution in [2.45, 2.75) is 11.9 Å². The Morgan fingerprint density at radius 2 is 1.43 bits per heavy atom. The first kappa shape index (κ1) is 14.6. The minimum Gasteiger partial charge on any atom is -0.489 e. The monoisotopic (exact) mass is 404 g/mol. The van der Waals surface area contributed by atoms with E-state index in [4.69, 9.17) is 4.74 Å². The Morgan fingerprint density at radius 1 is 0.762 bits per heavy atom. The van der Waals surface area contributed by atoms with Gasteiger partial charge in [-0.15, -0.1) is 0 Å². The second-order valence-electron chi connectivity index (χ2n) is 4.89. The molecule has 0 heterocycles. The van der Waals surface area contributed by atoms with Gasteiger partial charge in [0.05, 0.1) is 0 Å². The lowest BCUT2D eigenvalue weighted by Gasteiger charge is -2.08. The van der Waals surface area contributed by atoms with Crippen molar-refractivity contribution in [1.82, 2.24) is 0 Å². The van der Waals surface area contributed by atoms with Crippen LogP contribution >= 0.6 is 31.9 Å². The lowest BCUT2D eigenvalue weighted by Crippen LogP contribution is -1.95. The fourth-order valence-electron chi connectivity index (χ4n) is 2.20. The molecule has 0 unspecified atom stereocenters. The average Bonchev–Trinajstić information content (AvgIpc) is 2.53. The molecule has 0 atom stereocenters. The van der Waals surface area contributed by atoms with Crippen molar-refractivity contribution < 1.29 is 4.74 Å². The number of halogens is 2. The minimum absolute atomic E-state index is 0.583. The largest absolute Gasteiger partial charge is 0.489 e. The van der Waals surface area contributed by atoms with Crippen molar-refractivity contribution in [3.05, 3.63) is 76.3 Å². The van der Waals surface area contributed by atoms with Crippen LogP contribution in [0.4, 0.5) is 0 Å². The third kappa shape index (κ3) is 3.66. The van der Waals surface area contributed by atoms with Gasteiger partial charge in [-0.2, -0.15) is 0 Å². The second-order valence-corrected chi connectivity index (χ2v) is 6.37. The van der Waals surface area contributed by atoms with Gasteiger partial charge in [-0.1, -0.05) is 62.2 Å². The maximum Gasteiger partial charge on any atom is 0.119 e. The van der Waals surface area contributed by atoms with Gasteiger partial charge in [0, 0.05) is 9.80 Å². The molecule has 0 aromatic heterocycles. The van der Waals surface area contributed by atoms with Gasteiger partial charge < -0.3 is 4.74 Å². The van der Waals surface area contributed by atoms with E-state index in [0.29, 0.717) is 6.61 Å². The van der Waals surface area contributed by atoms with Gasteiger partial charge in [0.15, 0.2) is 0 Å². The van der Waals surface area contributed by atoms with Crippen molar-refractivity contribution in [3.63, 3.8) is 0 Å². The Balaban J connectivity index is 1.73. The van der Waals surface area contributed by atoms with E-state index in [0.717, 1.165) is 15.6 Å². The van der Waals surface area contributed by atoms with Crippen LogP contribution in [0.1, 0.15) is 11.1 Å². The van der Waals surface area contributed by atoms with Gasteiger partial charge in [-0.25, -0.2) is 0 Å². The number of hydrogen-bond donors (Lipinski definition) is 0. The predicted molar refractivity (Wildman–Crippen MR) is 95.1 cm³/mol. The van der Waals surface area contributed by atoms with Crippen LogP contribution in [0.25, 0.3) is 10.8 Å². The zero-order valence-electron chi connectivity index (χ0n) is 11.4. The zero-order chi connectivity index (χ0) is 14.7. The first-order valence-corrected chi connectivity index (χ1v) is 8.62. The van der Waals surface area contributed by atoms with Crippen LogP contribution in [0, 0.1) is 0 Å². The van der Waals surface area contributed by atoms with Gasteiger partial charge in [-0.3, -0.25) is 0 Å². The molecule has 0 saturated carbocycles. The summed E-state index contributed by atoms with van der Waals surface area (Å²) in [5, 5.41) is 3.33. The highest BCUT2D eigenvalue weighted by molar-refractivity contribution is 9.10. The number of ether oxygens (including phenoxy) is 1. The molecule has 21 heavy (non-hydrogen) atoms. The van der Waals surface area contributed by atoms with Crippen LogP contribution < -0.4 is 4.74 Å². The second kappa shape index (κ2) is 6.63.